The van der Waals surface area contributed by atoms with Crippen molar-refractivity contribution in [3.63, 3.8) is 0 Å². The molecular weight excluding hydrogens is 1060 g/mol. The maximum absolute atomic E-state index is 13.0. The Bertz CT molecular complexity index is 1420. The van der Waals surface area contributed by atoms with Gasteiger partial charge in [0.25, 0.3) is 7.82 Å². The molecule has 500 valence electrons. The van der Waals surface area contributed by atoms with Crippen molar-refractivity contribution in [2.45, 2.75) is 411 Å². The largest absolute Gasteiger partial charge is 0.756 e. The van der Waals surface area contributed by atoms with Crippen LogP contribution < -0.4 is 10.2 Å². The molecule has 0 aromatic carbocycles. The lowest BCUT2D eigenvalue weighted by atomic mass is 10.0. The molecule has 0 aliphatic rings. The molecule has 0 bridgehead atoms. The fourth-order valence-electron chi connectivity index (χ4n) is 11.8. The smallest absolute Gasteiger partial charge is 0.268 e. The Hall–Kier alpha value is -1.02. The van der Waals surface area contributed by atoms with Crippen LogP contribution in [0.1, 0.15) is 399 Å². The van der Waals surface area contributed by atoms with E-state index < -0.39 is 20.0 Å². The first-order valence-corrected chi connectivity index (χ1v) is 39.2. The van der Waals surface area contributed by atoms with Crippen molar-refractivity contribution in [3.8, 4) is 0 Å². The standard InChI is InChI=1S/C75H149N2O6P/c1-6-8-10-12-14-16-18-20-22-24-26-28-29-30-31-32-33-34-35-36-37-38-39-40-41-42-43-44-45-46-47-49-51-53-55-57-59-61-63-65-67-69-75(79)76-73(72-83-84(80,81)82-71-70-77(3,4)5)74(78)68-66-64-62-60-58-56-54-52-50-48-27-25-23-21-19-17-15-13-11-9-7-2/h58,60,66,68,73-74,78H,6-57,59,61-65,67,69-72H2,1-5H3,(H-,76,79,80,81)/b60-58+,68-66+. The van der Waals surface area contributed by atoms with E-state index >= 15 is 0 Å². The Kier molecular flexibility index (Phi) is 65.6. The summed E-state index contributed by atoms with van der Waals surface area (Å²) >= 11 is 0. The van der Waals surface area contributed by atoms with Crippen LogP contribution in [-0.2, 0) is 18.4 Å². The topological polar surface area (TPSA) is 108 Å². The number of hydrogen-bond donors (Lipinski definition) is 2. The highest BCUT2D eigenvalue weighted by Crippen LogP contribution is 2.38. The van der Waals surface area contributed by atoms with Crippen LogP contribution in [0.5, 0.6) is 0 Å². The fourth-order valence-corrected chi connectivity index (χ4v) is 12.5. The quantitative estimate of drug-likeness (QED) is 0.0272. The molecule has 0 aliphatic carbocycles. The molecule has 0 aliphatic heterocycles. The summed E-state index contributed by atoms with van der Waals surface area (Å²) in [5.74, 6) is -0.198. The summed E-state index contributed by atoms with van der Waals surface area (Å²) in [5, 5.41) is 13.9. The molecule has 1 amide bonds. The molecule has 0 aromatic heterocycles. The second kappa shape index (κ2) is 66.4. The van der Waals surface area contributed by atoms with Crippen molar-refractivity contribution in [2.24, 2.45) is 0 Å². The number of aliphatic hydroxyl groups excluding tert-OH is 1. The maximum Gasteiger partial charge on any atom is 0.268 e. The van der Waals surface area contributed by atoms with Gasteiger partial charge in [0.2, 0.25) is 5.91 Å². The van der Waals surface area contributed by atoms with E-state index in [2.05, 4.69) is 31.3 Å². The monoisotopic (exact) mass is 1210 g/mol. The van der Waals surface area contributed by atoms with Gasteiger partial charge in [-0.15, -0.1) is 0 Å². The third kappa shape index (κ3) is 68.5. The van der Waals surface area contributed by atoms with Crippen LogP contribution in [-0.4, -0.2) is 68.5 Å². The zero-order valence-corrected chi connectivity index (χ0v) is 58.3. The lowest BCUT2D eigenvalue weighted by molar-refractivity contribution is -0.870. The zero-order chi connectivity index (χ0) is 61.2. The number of rotatable bonds is 71. The lowest BCUT2D eigenvalue weighted by Crippen LogP contribution is -2.45. The van der Waals surface area contributed by atoms with Crippen LogP contribution in [0.15, 0.2) is 24.3 Å². The van der Waals surface area contributed by atoms with E-state index in [9.17, 15) is 19.4 Å². The summed E-state index contributed by atoms with van der Waals surface area (Å²) in [5.41, 5.74) is 0. The van der Waals surface area contributed by atoms with E-state index in [4.69, 9.17) is 9.05 Å². The predicted molar refractivity (Wildman–Crippen MR) is 367 cm³/mol. The minimum atomic E-state index is -4.61. The number of nitrogens with zero attached hydrogens (tertiary/aromatic N) is 1. The first-order chi connectivity index (χ1) is 41.0. The Balaban J connectivity index is 3.89. The Morgan fingerprint density at radius 3 is 0.964 bits per heavy atom. The van der Waals surface area contributed by atoms with Crippen LogP contribution in [0.25, 0.3) is 0 Å². The number of carbonyl (C=O) groups excluding carboxylic acids is 1. The third-order valence-electron chi connectivity index (χ3n) is 17.7. The highest BCUT2D eigenvalue weighted by Gasteiger charge is 2.23. The van der Waals surface area contributed by atoms with E-state index in [1.54, 1.807) is 6.08 Å². The van der Waals surface area contributed by atoms with Crippen molar-refractivity contribution in [2.75, 3.05) is 40.9 Å². The van der Waals surface area contributed by atoms with E-state index in [1.165, 1.54) is 340 Å². The van der Waals surface area contributed by atoms with Gasteiger partial charge in [0.05, 0.1) is 39.9 Å². The maximum atomic E-state index is 13.0. The number of nitrogens with one attached hydrogen (secondary N) is 1. The highest BCUT2D eigenvalue weighted by molar-refractivity contribution is 7.45. The van der Waals surface area contributed by atoms with Crippen molar-refractivity contribution in [1.82, 2.24) is 5.32 Å². The van der Waals surface area contributed by atoms with Gasteiger partial charge >= 0.3 is 0 Å². The number of aliphatic hydroxyl groups is 1. The van der Waals surface area contributed by atoms with Gasteiger partial charge in [-0.25, -0.2) is 0 Å². The summed E-state index contributed by atoms with van der Waals surface area (Å²) in [7, 11) is 1.26. The van der Waals surface area contributed by atoms with Crippen LogP contribution >= 0.6 is 7.82 Å². The van der Waals surface area contributed by atoms with Crippen molar-refractivity contribution < 1.29 is 32.9 Å². The molecule has 0 saturated carbocycles. The molecule has 3 unspecified atom stereocenters. The molecule has 0 heterocycles. The molecule has 0 spiro atoms. The minimum Gasteiger partial charge on any atom is -0.756 e. The number of hydrogen-bond acceptors (Lipinski definition) is 6. The Morgan fingerprint density at radius 2 is 0.667 bits per heavy atom. The molecule has 9 heteroatoms. The molecule has 0 aromatic rings. The Labute approximate surface area is 525 Å². The molecule has 2 N–H and O–H groups in total. The molecule has 0 rings (SSSR count). The number of quaternary nitrogens is 1. The number of amides is 1. The zero-order valence-electron chi connectivity index (χ0n) is 57.4. The number of unbranched alkanes of at least 4 members (excludes halogenated alkanes) is 56. The highest BCUT2D eigenvalue weighted by atomic mass is 31.2. The summed E-state index contributed by atoms with van der Waals surface area (Å²) in [6.45, 7) is 4.69. The third-order valence-corrected chi connectivity index (χ3v) is 18.6. The van der Waals surface area contributed by atoms with E-state index in [1.807, 2.05) is 27.2 Å². The second-order valence-electron chi connectivity index (χ2n) is 27.4. The molecule has 8 nitrogen and oxygen atoms in total. The SMILES string of the molecule is CCCCCCCCCCCCCCCCC/C=C/CC/C=C/C(O)C(COP(=O)([O-])OCC[N+](C)(C)C)NC(=O)CCCCCCCCCCCCCCCCCCCCCCCCCCCCCCCCCCCCCCCCCCC. The van der Waals surface area contributed by atoms with Gasteiger partial charge < -0.3 is 28.8 Å². The summed E-state index contributed by atoms with van der Waals surface area (Å²) in [6.07, 6.45) is 87.8. The molecular formula is C75H149N2O6P. The average Bonchev–Trinajstić information content (AvgIpc) is 3.56. The van der Waals surface area contributed by atoms with Gasteiger partial charge in [-0.1, -0.05) is 385 Å². The number of allylic oxidation sites excluding steroid dienone is 3. The number of likely N-dealkylation sites (N-methyl/N-ethyl adjacent to an activating group) is 1. The van der Waals surface area contributed by atoms with E-state index in [-0.39, 0.29) is 19.1 Å². The van der Waals surface area contributed by atoms with Crippen LogP contribution in [0.2, 0.25) is 0 Å². The first kappa shape index (κ1) is 83.0. The molecule has 0 fully saturated rings. The van der Waals surface area contributed by atoms with Gasteiger partial charge in [-0.3, -0.25) is 9.36 Å². The summed E-state index contributed by atoms with van der Waals surface area (Å²) in [4.78, 5) is 25.6. The van der Waals surface area contributed by atoms with Crippen LogP contribution in [0, 0.1) is 0 Å². The number of carbonyl (C=O) groups is 1. The van der Waals surface area contributed by atoms with Crippen LogP contribution in [0.4, 0.5) is 0 Å². The molecule has 0 saturated heterocycles. The molecule has 3 atom stereocenters. The van der Waals surface area contributed by atoms with Crippen molar-refractivity contribution >= 4 is 13.7 Å². The number of phosphoric ester groups is 1. The van der Waals surface area contributed by atoms with Gasteiger partial charge in [0, 0.05) is 6.42 Å². The van der Waals surface area contributed by atoms with E-state index in [0.29, 0.717) is 17.4 Å². The summed E-state index contributed by atoms with van der Waals surface area (Å²) in [6, 6.07) is -0.902. The lowest BCUT2D eigenvalue weighted by Gasteiger charge is -2.29. The normalized spacial score (nSPS) is 13.7. The minimum absolute atomic E-state index is 0.00345. The summed E-state index contributed by atoms with van der Waals surface area (Å²) < 4.78 is 23.4. The van der Waals surface area contributed by atoms with Crippen LogP contribution in [0.3, 0.4) is 0 Å². The van der Waals surface area contributed by atoms with Gasteiger partial charge in [0.15, 0.2) is 0 Å². The first-order valence-electron chi connectivity index (χ1n) is 37.7. The fraction of sp³-hybridized carbons (Fsp3) is 0.933. The average molecular weight is 1210 g/mol. The number of phosphoric acid groups is 1. The van der Waals surface area contributed by atoms with E-state index in [0.717, 1.165) is 38.5 Å². The van der Waals surface area contributed by atoms with Gasteiger partial charge in [-0.05, 0) is 32.1 Å². The molecule has 0 radical (unpaired) electrons. The van der Waals surface area contributed by atoms with Crippen molar-refractivity contribution in [1.29, 1.82) is 0 Å². The molecule has 84 heavy (non-hydrogen) atoms. The predicted octanol–water partition coefficient (Wildman–Crippen LogP) is 23.6. The Morgan fingerprint density at radius 1 is 0.405 bits per heavy atom. The van der Waals surface area contributed by atoms with Gasteiger partial charge in [-0.2, -0.15) is 0 Å². The van der Waals surface area contributed by atoms with Gasteiger partial charge in [0.1, 0.15) is 13.2 Å². The van der Waals surface area contributed by atoms with Crippen molar-refractivity contribution in [3.05, 3.63) is 24.3 Å². The second-order valence-corrected chi connectivity index (χ2v) is 28.8.